The van der Waals surface area contributed by atoms with Gasteiger partial charge >= 0.3 is 0 Å². The molecule has 3 nitrogen and oxygen atoms in total. The van der Waals surface area contributed by atoms with Crippen LogP contribution in [-0.2, 0) is 4.79 Å². The van der Waals surface area contributed by atoms with E-state index in [1.807, 2.05) is 41.5 Å². The number of carbonyl (C=O) groups excluding carboxylic acids is 1. The Morgan fingerprint density at radius 3 is 2.10 bits per heavy atom. The molecule has 1 rings (SSSR count). The third-order valence-corrected chi connectivity index (χ3v) is 2.69. The first-order valence-electron chi connectivity index (χ1n) is 8.78. The summed E-state index contributed by atoms with van der Waals surface area (Å²) in [5, 5.41) is 6.63. The van der Waals surface area contributed by atoms with E-state index in [2.05, 4.69) is 17.6 Å². The van der Waals surface area contributed by atoms with Crippen LogP contribution in [0.1, 0.15) is 80.6 Å². The van der Waals surface area contributed by atoms with Crippen LogP contribution in [0, 0.1) is 0 Å². The molecule has 0 aromatic heterocycles. The highest BCUT2D eigenvalue weighted by atomic mass is 16.1. The fraction of sp³-hybridized carbons (Fsp3) is 0.941. The highest BCUT2D eigenvalue weighted by molar-refractivity contribution is 5.83. The summed E-state index contributed by atoms with van der Waals surface area (Å²) in [5.74, 6) is 0.362. The van der Waals surface area contributed by atoms with Crippen LogP contribution >= 0.6 is 0 Å². The summed E-state index contributed by atoms with van der Waals surface area (Å²) in [6, 6.07) is 0.432. The standard InChI is InChI=1S/C11H22N2O.3C2H6/c1-2-3-4-6-12-7-5-10-8-11(14)9-13-10;3*1-2/h10,12-13H,2-9H2,1H3;3*1-2H3. The van der Waals surface area contributed by atoms with Crippen molar-refractivity contribution in [2.45, 2.75) is 86.6 Å². The molecule has 0 radical (unpaired) electrons. The maximum Gasteiger partial charge on any atom is 0.148 e. The summed E-state index contributed by atoms with van der Waals surface area (Å²) in [7, 11) is 0. The lowest BCUT2D eigenvalue weighted by atomic mass is 10.1. The Labute approximate surface area is 128 Å². The first kappa shape index (κ1) is 24.6. The zero-order valence-electron chi connectivity index (χ0n) is 15.1. The second-order valence-corrected chi connectivity index (χ2v) is 4.07. The van der Waals surface area contributed by atoms with Gasteiger partial charge in [-0.2, -0.15) is 0 Å². The maximum absolute atomic E-state index is 10.9. The maximum atomic E-state index is 10.9. The topological polar surface area (TPSA) is 41.1 Å². The Bertz CT molecular complexity index is 172. The summed E-state index contributed by atoms with van der Waals surface area (Å²) < 4.78 is 0. The molecule has 1 fully saturated rings. The number of unbranched alkanes of at least 4 members (excludes halogenated alkanes) is 2. The fourth-order valence-electron chi connectivity index (χ4n) is 1.78. The SMILES string of the molecule is CC.CC.CC.CCCCCNCCC1CC(=O)CN1. The third kappa shape index (κ3) is 17.6. The van der Waals surface area contributed by atoms with Gasteiger partial charge in [0.2, 0.25) is 0 Å². The molecule has 0 aromatic carbocycles. The molecule has 1 aliphatic rings. The molecule has 3 heteroatoms. The van der Waals surface area contributed by atoms with Crippen LogP contribution in [0.4, 0.5) is 0 Å². The first-order chi connectivity index (χ1) is 9.83. The normalized spacial score (nSPS) is 16.1. The molecule has 20 heavy (non-hydrogen) atoms. The van der Waals surface area contributed by atoms with Gasteiger partial charge in [0.25, 0.3) is 0 Å². The molecule has 1 heterocycles. The fourth-order valence-corrected chi connectivity index (χ4v) is 1.78. The molecular weight excluding hydrogens is 248 g/mol. The van der Waals surface area contributed by atoms with Gasteiger partial charge in [0.1, 0.15) is 5.78 Å². The van der Waals surface area contributed by atoms with E-state index in [-0.39, 0.29) is 0 Å². The van der Waals surface area contributed by atoms with Gasteiger partial charge in [-0.3, -0.25) is 4.79 Å². The first-order valence-corrected chi connectivity index (χ1v) is 8.78. The molecule has 1 atom stereocenters. The van der Waals surface area contributed by atoms with Crippen molar-refractivity contribution in [1.82, 2.24) is 10.6 Å². The number of hydrogen-bond donors (Lipinski definition) is 2. The van der Waals surface area contributed by atoms with Gasteiger partial charge in [-0.1, -0.05) is 61.3 Å². The molecule has 0 bridgehead atoms. The van der Waals surface area contributed by atoms with Crippen LogP contribution < -0.4 is 10.6 Å². The molecule has 1 unspecified atom stereocenters. The second kappa shape index (κ2) is 23.7. The van der Waals surface area contributed by atoms with Crippen LogP contribution in [0.3, 0.4) is 0 Å². The van der Waals surface area contributed by atoms with Crippen molar-refractivity contribution in [2.75, 3.05) is 19.6 Å². The van der Waals surface area contributed by atoms with Crippen molar-refractivity contribution in [3.05, 3.63) is 0 Å². The van der Waals surface area contributed by atoms with Crippen molar-refractivity contribution in [2.24, 2.45) is 0 Å². The predicted molar refractivity (Wildman–Crippen MR) is 92.5 cm³/mol. The predicted octanol–water partition coefficient (Wildman–Crippen LogP) is 4.17. The average Bonchev–Trinajstić information content (AvgIpc) is 2.94. The van der Waals surface area contributed by atoms with Crippen LogP contribution in [0.2, 0.25) is 0 Å². The Kier molecular flexibility index (Phi) is 29.1. The Hall–Kier alpha value is -0.410. The number of carbonyl (C=O) groups is 1. The molecule has 0 aliphatic carbocycles. The summed E-state index contributed by atoms with van der Waals surface area (Å²) in [6.45, 7) is 17.0. The molecule has 124 valence electrons. The number of ketones is 1. The van der Waals surface area contributed by atoms with E-state index >= 15 is 0 Å². The number of hydrogen-bond acceptors (Lipinski definition) is 3. The lowest BCUT2D eigenvalue weighted by molar-refractivity contribution is -0.116. The zero-order valence-corrected chi connectivity index (χ0v) is 15.1. The molecule has 1 saturated heterocycles. The van der Waals surface area contributed by atoms with Crippen LogP contribution in [0.25, 0.3) is 0 Å². The van der Waals surface area contributed by atoms with Gasteiger partial charge in [-0.05, 0) is 25.9 Å². The van der Waals surface area contributed by atoms with Crippen LogP contribution in [-0.4, -0.2) is 31.5 Å². The van der Waals surface area contributed by atoms with E-state index in [1.165, 1.54) is 19.3 Å². The quantitative estimate of drug-likeness (QED) is 0.691. The Morgan fingerprint density at radius 2 is 1.65 bits per heavy atom. The van der Waals surface area contributed by atoms with Gasteiger partial charge < -0.3 is 10.6 Å². The molecule has 0 aromatic rings. The Morgan fingerprint density at radius 1 is 1.05 bits per heavy atom. The average molecular weight is 289 g/mol. The van der Waals surface area contributed by atoms with Gasteiger partial charge in [0, 0.05) is 12.5 Å². The summed E-state index contributed by atoms with van der Waals surface area (Å²) in [5.41, 5.74) is 0. The highest BCUT2D eigenvalue weighted by Gasteiger charge is 2.19. The lowest BCUT2D eigenvalue weighted by Gasteiger charge is -2.09. The minimum absolute atomic E-state index is 0.362. The van der Waals surface area contributed by atoms with Gasteiger partial charge in [0.05, 0.1) is 6.54 Å². The lowest BCUT2D eigenvalue weighted by Crippen LogP contribution is -2.27. The molecule has 0 saturated carbocycles. The summed E-state index contributed by atoms with van der Waals surface area (Å²) in [4.78, 5) is 10.9. The zero-order chi connectivity index (χ0) is 16.2. The smallest absolute Gasteiger partial charge is 0.148 e. The highest BCUT2D eigenvalue weighted by Crippen LogP contribution is 2.04. The summed E-state index contributed by atoms with van der Waals surface area (Å²) in [6.07, 6.45) is 5.68. The molecular formula is C17H40N2O. The Balaban J connectivity index is -0.000000425. The minimum atomic E-state index is 0.362. The number of nitrogens with one attached hydrogen (secondary N) is 2. The van der Waals surface area contributed by atoms with Gasteiger partial charge in [0.15, 0.2) is 0 Å². The van der Waals surface area contributed by atoms with Crippen molar-refractivity contribution in [3.8, 4) is 0 Å². The van der Waals surface area contributed by atoms with Crippen molar-refractivity contribution >= 4 is 5.78 Å². The third-order valence-electron chi connectivity index (χ3n) is 2.69. The van der Waals surface area contributed by atoms with Crippen LogP contribution in [0.15, 0.2) is 0 Å². The minimum Gasteiger partial charge on any atom is -0.317 e. The van der Waals surface area contributed by atoms with Gasteiger partial charge in [-0.25, -0.2) is 0 Å². The van der Waals surface area contributed by atoms with E-state index < -0.39 is 0 Å². The van der Waals surface area contributed by atoms with E-state index in [4.69, 9.17) is 0 Å². The van der Waals surface area contributed by atoms with Crippen molar-refractivity contribution < 1.29 is 4.79 Å². The summed E-state index contributed by atoms with van der Waals surface area (Å²) >= 11 is 0. The largest absolute Gasteiger partial charge is 0.317 e. The molecule has 0 amide bonds. The van der Waals surface area contributed by atoms with Crippen molar-refractivity contribution in [3.63, 3.8) is 0 Å². The van der Waals surface area contributed by atoms with E-state index in [0.29, 0.717) is 18.4 Å². The molecule has 0 spiro atoms. The van der Waals surface area contributed by atoms with Crippen LogP contribution in [0.5, 0.6) is 0 Å². The molecule has 2 N–H and O–H groups in total. The van der Waals surface area contributed by atoms with Crippen molar-refractivity contribution in [1.29, 1.82) is 0 Å². The van der Waals surface area contributed by atoms with E-state index in [0.717, 1.165) is 25.9 Å². The van der Waals surface area contributed by atoms with E-state index in [1.54, 1.807) is 0 Å². The monoisotopic (exact) mass is 288 g/mol. The van der Waals surface area contributed by atoms with E-state index in [9.17, 15) is 4.79 Å². The number of Topliss-reactive ketones (excluding diaryl/α,β-unsaturated/α-hetero) is 1. The second-order valence-electron chi connectivity index (χ2n) is 4.07. The molecule has 1 aliphatic heterocycles. The van der Waals surface area contributed by atoms with Gasteiger partial charge in [-0.15, -0.1) is 0 Å². The number of rotatable bonds is 7.